The second-order valence-corrected chi connectivity index (χ2v) is 5.60. The SMILES string of the molecule is Cc1ccc(NCc2cn3cc(Br)ccc3n2)c(F)c1. The molecule has 0 bridgehead atoms. The Hall–Kier alpha value is -1.88. The Labute approximate surface area is 124 Å². The molecule has 1 N–H and O–H groups in total. The average molecular weight is 334 g/mol. The number of rotatable bonds is 3. The van der Waals surface area contributed by atoms with Gasteiger partial charge in [-0.2, -0.15) is 0 Å². The first-order valence-corrected chi connectivity index (χ1v) is 7.04. The molecule has 0 fully saturated rings. The van der Waals surface area contributed by atoms with Crippen molar-refractivity contribution < 1.29 is 4.39 Å². The Morgan fingerprint density at radius 2 is 2.10 bits per heavy atom. The van der Waals surface area contributed by atoms with Crippen molar-refractivity contribution in [2.75, 3.05) is 5.32 Å². The molecule has 102 valence electrons. The van der Waals surface area contributed by atoms with Crippen LogP contribution in [0.15, 0.2) is 47.2 Å². The largest absolute Gasteiger partial charge is 0.377 e. The standard InChI is InChI=1S/C15H13BrFN3/c1-10-2-4-14(13(17)6-10)18-7-12-9-20-8-11(16)3-5-15(20)19-12/h2-6,8-9,18H,7H2,1H3. The van der Waals surface area contributed by atoms with Crippen molar-refractivity contribution in [2.45, 2.75) is 13.5 Å². The highest BCUT2D eigenvalue weighted by atomic mass is 79.9. The highest BCUT2D eigenvalue weighted by molar-refractivity contribution is 9.10. The molecule has 1 aromatic carbocycles. The molecule has 0 aliphatic carbocycles. The van der Waals surface area contributed by atoms with Gasteiger partial charge in [-0.3, -0.25) is 0 Å². The van der Waals surface area contributed by atoms with E-state index in [0.717, 1.165) is 21.4 Å². The van der Waals surface area contributed by atoms with Crippen LogP contribution in [0.1, 0.15) is 11.3 Å². The molecule has 2 aromatic heterocycles. The predicted octanol–water partition coefficient (Wildman–Crippen LogP) is 4.16. The predicted molar refractivity (Wildman–Crippen MR) is 81.4 cm³/mol. The number of nitrogens with zero attached hydrogens (tertiary/aromatic N) is 2. The maximum atomic E-state index is 13.7. The minimum atomic E-state index is -0.239. The summed E-state index contributed by atoms with van der Waals surface area (Å²) in [5.41, 5.74) is 3.14. The lowest BCUT2D eigenvalue weighted by molar-refractivity contribution is 0.629. The highest BCUT2D eigenvalue weighted by Gasteiger charge is 2.05. The summed E-state index contributed by atoms with van der Waals surface area (Å²) in [6.45, 7) is 2.35. The van der Waals surface area contributed by atoms with Crippen molar-refractivity contribution in [1.82, 2.24) is 9.38 Å². The van der Waals surface area contributed by atoms with Crippen molar-refractivity contribution in [3.8, 4) is 0 Å². The number of hydrogen-bond donors (Lipinski definition) is 1. The topological polar surface area (TPSA) is 29.3 Å². The number of aromatic nitrogens is 2. The van der Waals surface area contributed by atoms with E-state index in [0.29, 0.717) is 12.2 Å². The van der Waals surface area contributed by atoms with E-state index in [9.17, 15) is 4.39 Å². The molecule has 5 heteroatoms. The van der Waals surface area contributed by atoms with E-state index in [4.69, 9.17) is 0 Å². The number of pyridine rings is 1. The van der Waals surface area contributed by atoms with Crippen molar-refractivity contribution in [2.24, 2.45) is 0 Å². The first-order valence-electron chi connectivity index (χ1n) is 6.25. The molecular formula is C15H13BrFN3. The molecule has 3 rings (SSSR count). The van der Waals surface area contributed by atoms with Crippen molar-refractivity contribution >= 4 is 27.3 Å². The van der Waals surface area contributed by atoms with Gasteiger partial charge in [-0.1, -0.05) is 6.07 Å². The molecule has 0 aliphatic heterocycles. The van der Waals surface area contributed by atoms with Gasteiger partial charge in [-0.25, -0.2) is 9.37 Å². The summed E-state index contributed by atoms with van der Waals surface area (Å²) in [6, 6.07) is 9.02. The zero-order valence-electron chi connectivity index (χ0n) is 10.9. The van der Waals surface area contributed by atoms with Crippen LogP contribution in [0.2, 0.25) is 0 Å². The quantitative estimate of drug-likeness (QED) is 0.779. The molecule has 0 saturated carbocycles. The zero-order chi connectivity index (χ0) is 14.1. The molecule has 3 nitrogen and oxygen atoms in total. The third-order valence-electron chi connectivity index (χ3n) is 3.05. The molecule has 2 heterocycles. The number of anilines is 1. The molecular weight excluding hydrogens is 321 g/mol. The molecule has 0 radical (unpaired) electrons. The number of imidazole rings is 1. The minimum absolute atomic E-state index is 0.239. The second-order valence-electron chi connectivity index (χ2n) is 4.68. The summed E-state index contributed by atoms with van der Waals surface area (Å²) in [6.07, 6.45) is 3.87. The summed E-state index contributed by atoms with van der Waals surface area (Å²) in [5, 5.41) is 3.07. The van der Waals surface area contributed by atoms with Gasteiger partial charge in [-0.05, 0) is 52.7 Å². The molecule has 0 aliphatic rings. The van der Waals surface area contributed by atoms with Gasteiger partial charge in [0.1, 0.15) is 11.5 Å². The smallest absolute Gasteiger partial charge is 0.146 e. The molecule has 0 saturated heterocycles. The van der Waals surface area contributed by atoms with E-state index in [1.807, 2.05) is 41.9 Å². The zero-order valence-corrected chi connectivity index (χ0v) is 12.5. The Bertz CT molecular complexity index is 767. The van der Waals surface area contributed by atoms with Gasteiger partial charge >= 0.3 is 0 Å². The second kappa shape index (κ2) is 5.25. The molecule has 0 unspecified atom stereocenters. The molecule has 0 amide bonds. The lowest BCUT2D eigenvalue weighted by atomic mass is 10.2. The first kappa shape index (κ1) is 13.1. The van der Waals surface area contributed by atoms with E-state index in [1.54, 1.807) is 6.07 Å². The summed E-state index contributed by atoms with van der Waals surface area (Å²) in [5.74, 6) is -0.239. The van der Waals surface area contributed by atoms with E-state index < -0.39 is 0 Å². The first-order chi connectivity index (χ1) is 9.61. The van der Waals surface area contributed by atoms with Gasteiger partial charge < -0.3 is 9.72 Å². The van der Waals surface area contributed by atoms with Gasteiger partial charge in [0.25, 0.3) is 0 Å². The normalized spacial score (nSPS) is 10.9. The fraction of sp³-hybridized carbons (Fsp3) is 0.133. The van der Waals surface area contributed by atoms with E-state index in [2.05, 4.69) is 26.2 Å². The van der Waals surface area contributed by atoms with Gasteiger partial charge in [-0.15, -0.1) is 0 Å². The maximum Gasteiger partial charge on any atom is 0.146 e. The van der Waals surface area contributed by atoms with E-state index in [1.165, 1.54) is 6.07 Å². The van der Waals surface area contributed by atoms with E-state index in [-0.39, 0.29) is 5.82 Å². The van der Waals surface area contributed by atoms with Crippen LogP contribution in [-0.2, 0) is 6.54 Å². The molecule has 0 spiro atoms. The number of halogens is 2. The van der Waals surface area contributed by atoms with Crippen LogP contribution in [0.25, 0.3) is 5.65 Å². The van der Waals surface area contributed by atoms with Crippen LogP contribution in [0.4, 0.5) is 10.1 Å². The Morgan fingerprint density at radius 1 is 1.25 bits per heavy atom. The third kappa shape index (κ3) is 2.67. The van der Waals surface area contributed by atoms with Crippen LogP contribution in [0.3, 0.4) is 0 Å². The lowest BCUT2D eigenvalue weighted by Crippen LogP contribution is -2.01. The van der Waals surface area contributed by atoms with Gasteiger partial charge in [0, 0.05) is 16.9 Å². The summed E-state index contributed by atoms with van der Waals surface area (Å²) in [7, 11) is 0. The van der Waals surface area contributed by atoms with Crippen LogP contribution < -0.4 is 5.32 Å². The van der Waals surface area contributed by atoms with Crippen LogP contribution in [0, 0.1) is 12.7 Å². The van der Waals surface area contributed by atoms with Crippen molar-refractivity contribution in [3.05, 3.63) is 64.3 Å². The average Bonchev–Trinajstić information content (AvgIpc) is 2.79. The van der Waals surface area contributed by atoms with Gasteiger partial charge in [0.05, 0.1) is 17.9 Å². The molecule has 3 aromatic rings. The molecule has 20 heavy (non-hydrogen) atoms. The highest BCUT2D eigenvalue weighted by Crippen LogP contribution is 2.17. The van der Waals surface area contributed by atoms with Crippen LogP contribution in [-0.4, -0.2) is 9.38 Å². The van der Waals surface area contributed by atoms with Crippen molar-refractivity contribution in [1.29, 1.82) is 0 Å². The fourth-order valence-corrected chi connectivity index (χ4v) is 2.40. The Balaban J connectivity index is 1.79. The van der Waals surface area contributed by atoms with Gasteiger partial charge in [0.15, 0.2) is 0 Å². The number of fused-ring (bicyclic) bond motifs is 1. The summed E-state index contributed by atoms with van der Waals surface area (Å²) < 4.78 is 16.6. The third-order valence-corrected chi connectivity index (χ3v) is 3.52. The Kier molecular flexibility index (Phi) is 3.44. The number of aryl methyl sites for hydroxylation is 1. The van der Waals surface area contributed by atoms with Crippen LogP contribution in [0.5, 0.6) is 0 Å². The summed E-state index contributed by atoms with van der Waals surface area (Å²) in [4.78, 5) is 4.47. The summed E-state index contributed by atoms with van der Waals surface area (Å²) >= 11 is 3.42. The maximum absolute atomic E-state index is 13.7. The van der Waals surface area contributed by atoms with Gasteiger partial charge in [0.2, 0.25) is 0 Å². The minimum Gasteiger partial charge on any atom is -0.377 e. The fourth-order valence-electron chi connectivity index (χ4n) is 2.05. The molecule has 0 atom stereocenters. The van der Waals surface area contributed by atoms with Crippen LogP contribution >= 0.6 is 15.9 Å². The van der Waals surface area contributed by atoms with E-state index >= 15 is 0 Å². The number of nitrogens with one attached hydrogen (secondary N) is 1. The lowest BCUT2D eigenvalue weighted by Gasteiger charge is -2.06. The number of benzene rings is 1. The monoisotopic (exact) mass is 333 g/mol. The Morgan fingerprint density at radius 3 is 2.90 bits per heavy atom. The van der Waals surface area contributed by atoms with Crippen molar-refractivity contribution in [3.63, 3.8) is 0 Å². The number of hydrogen-bond acceptors (Lipinski definition) is 2.